The molecule has 1 amide bonds. The minimum Gasteiger partial charge on any atom is -0.507 e. The second kappa shape index (κ2) is 8.30. The van der Waals surface area contributed by atoms with Crippen LogP contribution < -0.4 is 9.64 Å². The van der Waals surface area contributed by atoms with Gasteiger partial charge in [-0.2, -0.15) is 0 Å². The zero-order valence-electron chi connectivity index (χ0n) is 18.4. The molecule has 0 radical (unpaired) electrons. The molecule has 162 valence electrons. The van der Waals surface area contributed by atoms with Gasteiger partial charge in [0.2, 0.25) is 0 Å². The summed E-state index contributed by atoms with van der Waals surface area (Å²) in [5.74, 6) is -1.01. The van der Waals surface area contributed by atoms with E-state index in [1.54, 1.807) is 49.7 Å². The zero-order chi connectivity index (χ0) is 23.0. The van der Waals surface area contributed by atoms with Crippen molar-refractivity contribution in [1.29, 1.82) is 0 Å². The molecule has 1 unspecified atom stereocenters. The average Bonchev–Trinajstić information content (AvgIpc) is 3.04. The predicted octanol–water partition coefficient (Wildman–Crippen LogP) is 4.64. The molecule has 0 saturated carbocycles. The van der Waals surface area contributed by atoms with E-state index in [2.05, 4.69) is 4.98 Å². The van der Waals surface area contributed by atoms with Crippen molar-refractivity contribution in [2.45, 2.75) is 26.8 Å². The third-order valence-corrected chi connectivity index (χ3v) is 5.69. The first-order chi connectivity index (χ1) is 15.3. The molecule has 1 N–H and O–H groups in total. The topological polar surface area (TPSA) is 79.7 Å². The van der Waals surface area contributed by atoms with Crippen LogP contribution in [0.25, 0.3) is 5.76 Å². The lowest BCUT2D eigenvalue weighted by molar-refractivity contribution is -0.132. The summed E-state index contributed by atoms with van der Waals surface area (Å²) in [6.45, 7) is 5.71. The number of hydrogen-bond acceptors (Lipinski definition) is 5. The Hall–Kier alpha value is -3.93. The number of aryl methyl sites for hydroxylation is 3. The van der Waals surface area contributed by atoms with Crippen molar-refractivity contribution in [3.05, 3.63) is 94.3 Å². The number of nitrogens with zero attached hydrogens (tertiary/aromatic N) is 2. The maximum absolute atomic E-state index is 13.2. The van der Waals surface area contributed by atoms with Gasteiger partial charge < -0.3 is 9.84 Å². The summed E-state index contributed by atoms with van der Waals surface area (Å²) in [7, 11) is 1.57. The molecule has 4 rings (SSSR count). The molecule has 1 atom stereocenters. The molecular weight excluding hydrogens is 404 g/mol. The fraction of sp³-hybridized carbons (Fsp3) is 0.192. The van der Waals surface area contributed by atoms with Gasteiger partial charge in [0.15, 0.2) is 0 Å². The third kappa shape index (κ3) is 3.54. The second-order valence-corrected chi connectivity index (χ2v) is 7.90. The molecule has 3 aromatic rings. The highest BCUT2D eigenvalue weighted by Crippen LogP contribution is 2.42. The van der Waals surface area contributed by atoms with E-state index in [-0.39, 0.29) is 11.3 Å². The number of ketones is 1. The number of pyridine rings is 1. The van der Waals surface area contributed by atoms with Crippen molar-refractivity contribution in [3.8, 4) is 5.75 Å². The number of ether oxygens (including phenoxy) is 1. The largest absolute Gasteiger partial charge is 0.507 e. The lowest BCUT2D eigenvalue weighted by Crippen LogP contribution is -2.30. The monoisotopic (exact) mass is 428 g/mol. The molecule has 6 nitrogen and oxygen atoms in total. The Bertz CT molecular complexity index is 1250. The number of hydrogen-bond donors (Lipinski definition) is 1. The molecule has 2 aromatic carbocycles. The van der Waals surface area contributed by atoms with Crippen molar-refractivity contribution >= 4 is 23.1 Å². The molecule has 1 fully saturated rings. The first kappa shape index (κ1) is 21.3. The number of amides is 1. The summed E-state index contributed by atoms with van der Waals surface area (Å²) >= 11 is 0. The highest BCUT2D eigenvalue weighted by Gasteiger charge is 2.48. The normalized spacial score (nSPS) is 17.6. The van der Waals surface area contributed by atoms with Gasteiger partial charge in [-0.1, -0.05) is 23.8 Å². The summed E-state index contributed by atoms with van der Waals surface area (Å²) in [5, 5.41) is 11.2. The van der Waals surface area contributed by atoms with E-state index >= 15 is 0 Å². The van der Waals surface area contributed by atoms with E-state index in [0.717, 1.165) is 16.7 Å². The molecule has 1 aliphatic rings. The van der Waals surface area contributed by atoms with E-state index < -0.39 is 17.7 Å². The molecule has 0 aliphatic carbocycles. The summed E-state index contributed by atoms with van der Waals surface area (Å²) < 4.78 is 5.29. The fourth-order valence-corrected chi connectivity index (χ4v) is 4.16. The maximum atomic E-state index is 13.2. The van der Waals surface area contributed by atoms with Gasteiger partial charge in [-0.3, -0.25) is 19.5 Å². The highest BCUT2D eigenvalue weighted by molar-refractivity contribution is 6.51. The van der Waals surface area contributed by atoms with Crippen molar-refractivity contribution in [2.24, 2.45) is 0 Å². The van der Waals surface area contributed by atoms with Gasteiger partial charge >= 0.3 is 0 Å². The number of benzene rings is 2. The number of carbonyl (C=O) groups excluding carboxylic acids is 2. The number of rotatable bonds is 4. The van der Waals surface area contributed by atoms with E-state index in [1.165, 1.54) is 4.90 Å². The molecule has 0 spiro atoms. The SMILES string of the molecule is COc1ccc(/C(O)=C2\C(=O)C(=O)N(c3ccc(C)cc3C)C2c2ccccn2)cc1C. The van der Waals surface area contributed by atoms with E-state index in [9.17, 15) is 14.7 Å². The molecule has 1 aliphatic heterocycles. The number of aliphatic hydroxyl groups is 1. The molecule has 6 heteroatoms. The van der Waals surface area contributed by atoms with Crippen LogP contribution in [0.1, 0.15) is 34.0 Å². The number of aromatic nitrogens is 1. The molecule has 1 aromatic heterocycles. The first-order valence-corrected chi connectivity index (χ1v) is 10.3. The Labute approximate surface area is 186 Å². The highest BCUT2D eigenvalue weighted by atomic mass is 16.5. The van der Waals surface area contributed by atoms with Gasteiger partial charge in [0, 0.05) is 17.4 Å². The van der Waals surface area contributed by atoms with Crippen LogP contribution in [0.5, 0.6) is 5.75 Å². The van der Waals surface area contributed by atoms with Crippen LogP contribution in [0.2, 0.25) is 0 Å². The maximum Gasteiger partial charge on any atom is 0.300 e. The van der Waals surface area contributed by atoms with Crippen LogP contribution in [0.3, 0.4) is 0 Å². The van der Waals surface area contributed by atoms with Crippen LogP contribution in [0.4, 0.5) is 5.69 Å². The Kier molecular flexibility index (Phi) is 5.53. The molecule has 32 heavy (non-hydrogen) atoms. The fourth-order valence-electron chi connectivity index (χ4n) is 4.16. The zero-order valence-corrected chi connectivity index (χ0v) is 18.4. The van der Waals surface area contributed by atoms with Crippen LogP contribution in [-0.2, 0) is 9.59 Å². The Balaban J connectivity index is 1.95. The summed E-state index contributed by atoms with van der Waals surface area (Å²) in [5.41, 5.74) is 4.26. The van der Waals surface area contributed by atoms with Crippen LogP contribution in [0.15, 0.2) is 66.4 Å². The lowest BCUT2D eigenvalue weighted by Gasteiger charge is -2.26. The van der Waals surface area contributed by atoms with Crippen LogP contribution >= 0.6 is 0 Å². The molecule has 1 saturated heterocycles. The smallest absolute Gasteiger partial charge is 0.300 e. The van der Waals surface area contributed by atoms with Crippen molar-refractivity contribution in [2.75, 3.05) is 12.0 Å². The molecular formula is C26H24N2O4. The van der Waals surface area contributed by atoms with Gasteiger partial charge in [0.05, 0.1) is 18.4 Å². The van der Waals surface area contributed by atoms with Gasteiger partial charge in [-0.05, 0) is 68.3 Å². The standard InChI is InChI=1S/C26H24N2O4/c1-15-8-10-20(16(2)13-15)28-23(19-7-5-6-12-27-19)22(25(30)26(28)31)24(29)18-9-11-21(32-4)17(3)14-18/h5-14,23,29H,1-4H3/b24-22+. The minimum atomic E-state index is -0.847. The first-order valence-electron chi connectivity index (χ1n) is 10.3. The van der Waals surface area contributed by atoms with Crippen molar-refractivity contribution in [3.63, 3.8) is 0 Å². The minimum absolute atomic E-state index is 0.0123. The summed E-state index contributed by atoms with van der Waals surface area (Å²) in [6, 6.07) is 15.3. The Morgan fingerprint density at radius 2 is 1.78 bits per heavy atom. The van der Waals surface area contributed by atoms with Gasteiger partial charge in [0.25, 0.3) is 11.7 Å². The molecule has 0 bridgehead atoms. The average molecular weight is 428 g/mol. The Morgan fingerprint density at radius 1 is 1.00 bits per heavy atom. The number of aliphatic hydroxyl groups excluding tert-OH is 1. The van der Waals surface area contributed by atoms with Crippen molar-refractivity contribution < 1.29 is 19.4 Å². The predicted molar refractivity (Wildman–Crippen MR) is 123 cm³/mol. The van der Waals surface area contributed by atoms with E-state index in [0.29, 0.717) is 22.7 Å². The van der Waals surface area contributed by atoms with Gasteiger partial charge in [0.1, 0.15) is 17.6 Å². The summed E-state index contributed by atoms with van der Waals surface area (Å²) in [6.07, 6.45) is 1.61. The number of methoxy groups -OCH3 is 1. The van der Waals surface area contributed by atoms with Gasteiger partial charge in [-0.15, -0.1) is 0 Å². The quantitative estimate of drug-likeness (QED) is 0.372. The number of carbonyl (C=O) groups is 2. The lowest BCUT2D eigenvalue weighted by atomic mass is 9.97. The van der Waals surface area contributed by atoms with Crippen LogP contribution in [-0.4, -0.2) is 28.9 Å². The third-order valence-electron chi connectivity index (χ3n) is 5.69. The number of anilines is 1. The van der Waals surface area contributed by atoms with Gasteiger partial charge in [-0.25, -0.2) is 0 Å². The molecule has 2 heterocycles. The summed E-state index contributed by atoms with van der Waals surface area (Å²) in [4.78, 5) is 32.3. The number of Topliss-reactive ketones (excluding diaryl/α,β-unsaturated/α-hetero) is 1. The van der Waals surface area contributed by atoms with Crippen molar-refractivity contribution in [1.82, 2.24) is 4.98 Å². The second-order valence-electron chi connectivity index (χ2n) is 7.90. The van der Waals surface area contributed by atoms with E-state index in [4.69, 9.17) is 4.74 Å². The Morgan fingerprint density at radius 3 is 2.41 bits per heavy atom. The van der Waals surface area contributed by atoms with Crippen LogP contribution in [0, 0.1) is 20.8 Å². The van der Waals surface area contributed by atoms with E-state index in [1.807, 2.05) is 39.0 Å².